The fourth-order valence-electron chi connectivity index (χ4n) is 4.23. The van der Waals surface area contributed by atoms with Gasteiger partial charge in [-0.3, -0.25) is 9.59 Å². The number of hydrogen-bond acceptors (Lipinski definition) is 4. The van der Waals surface area contributed by atoms with Gasteiger partial charge in [0.05, 0.1) is 17.0 Å². The predicted octanol–water partition coefficient (Wildman–Crippen LogP) is 4.72. The number of para-hydroxylation sites is 1. The number of hydrogen-bond donors (Lipinski definition) is 0. The van der Waals surface area contributed by atoms with Gasteiger partial charge in [0.2, 0.25) is 5.76 Å². The molecule has 0 fully saturated rings. The van der Waals surface area contributed by atoms with E-state index in [1.165, 1.54) is 0 Å². The smallest absolute Gasteiger partial charge is 0.290 e. The second-order valence-electron chi connectivity index (χ2n) is 7.51. The van der Waals surface area contributed by atoms with E-state index in [0.29, 0.717) is 28.1 Å². The highest BCUT2D eigenvalue weighted by Gasteiger charge is 2.42. The van der Waals surface area contributed by atoms with Gasteiger partial charge in [-0.25, -0.2) is 0 Å². The first-order chi connectivity index (χ1) is 14.5. The van der Waals surface area contributed by atoms with Gasteiger partial charge < -0.3 is 14.2 Å². The van der Waals surface area contributed by atoms with Crippen LogP contribution in [0.5, 0.6) is 0 Å². The molecular weight excluding hydrogens is 400 g/mol. The van der Waals surface area contributed by atoms with Crippen molar-refractivity contribution in [2.45, 2.75) is 26.3 Å². The maximum atomic E-state index is 13.4. The van der Waals surface area contributed by atoms with Gasteiger partial charge in [-0.05, 0) is 55.9 Å². The van der Waals surface area contributed by atoms with Gasteiger partial charge in [-0.2, -0.15) is 0 Å². The number of nitrogens with zero attached hydrogens (tertiary/aromatic N) is 2. The van der Waals surface area contributed by atoms with Crippen LogP contribution in [0.1, 0.15) is 48.0 Å². The fraction of sp³-hybridized carbons (Fsp3) is 0.333. The summed E-state index contributed by atoms with van der Waals surface area (Å²) in [6.45, 7) is 7.61. The second kappa shape index (κ2) is 8.62. The van der Waals surface area contributed by atoms with Crippen molar-refractivity contribution < 1.29 is 9.21 Å². The molecule has 1 atom stereocenters. The van der Waals surface area contributed by atoms with Crippen molar-refractivity contribution >= 4 is 28.5 Å². The molecule has 30 heavy (non-hydrogen) atoms. The summed E-state index contributed by atoms with van der Waals surface area (Å²) in [5.41, 5.74) is 1.50. The third kappa shape index (κ3) is 3.64. The van der Waals surface area contributed by atoms with Crippen LogP contribution in [0.15, 0.2) is 57.7 Å². The molecule has 156 valence electrons. The van der Waals surface area contributed by atoms with E-state index >= 15 is 0 Å². The predicted molar refractivity (Wildman–Crippen MR) is 119 cm³/mol. The Hall–Kier alpha value is -2.63. The van der Waals surface area contributed by atoms with Crippen LogP contribution in [0, 0.1) is 0 Å². The standard InChI is InChI=1S/C24H25ClN2O3/c1-3-26(4-2)13-8-14-27-21(16-9-7-10-17(25)15-16)20-22(28)18-11-5-6-12-19(18)30-23(20)24(27)29/h5-7,9-12,15,21H,3-4,8,13-14H2,1-2H3/t21-/m0/s1. The molecule has 1 amide bonds. The van der Waals surface area contributed by atoms with E-state index in [-0.39, 0.29) is 17.1 Å². The second-order valence-corrected chi connectivity index (χ2v) is 7.94. The zero-order valence-corrected chi connectivity index (χ0v) is 18.0. The first-order valence-corrected chi connectivity index (χ1v) is 10.8. The molecular formula is C24H25ClN2O3. The molecule has 0 bridgehead atoms. The van der Waals surface area contributed by atoms with E-state index in [0.717, 1.165) is 31.6 Å². The van der Waals surface area contributed by atoms with Crippen LogP contribution in [0.25, 0.3) is 11.0 Å². The topological polar surface area (TPSA) is 53.8 Å². The van der Waals surface area contributed by atoms with E-state index in [1.807, 2.05) is 18.2 Å². The van der Waals surface area contributed by atoms with Crippen molar-refractivity contribution in [2.24, 2.45) is 0 Å². The zero-order chi connectivity index (χ0) is 21.3. The lowest BCUT2D eigenvalue weighted by Gasteiger charge is -2.26. The molecule has 2 aromatic carbocycles. The van der Waals surface area contributed by atoms with E-state index in [4.69, 9.17) is 16.0 Å². The highest BCUT2D eigenvalue weighted by atomic mass is 35.5. The molecule has 2 heterocycles. The van der Waals surface area contributed by atoms with E-state index in [1.54, 1.807) is 35.2 Å². The van der Waals surface area contributed by atoms with Crippen LogP contribution in [0.4, 0.5) is 0 Å². The van der Waals surface area contributed by atoms with Crippen molar-refractivity contribution in [3.05, 3.63) is 80.7 Å². The van der Waals surface area contributed by atoms with Crippen LogP contribution in [-0.2, 0) is 0 Å². The minimum Gasteiger partial charge on any atom is -0.450 e. The van der Waals surface area contributed by atoms with Crippen LogP contribution < -0.4 is 5.43 Å². The Morgan fingerprint density at radius 2 is 1.83 bits per heavy atom. The summed E-state index contributed by atoms with van der Waals surface area (Å²) >= 11 is 6.24. The summed E-state index contributed by atoms with van der Waals surface area (Å²) in [6.07, 6.45) is 0.812. The van der Waals surface area contributed by atoms with Gasteiger partial charge in [0, 0.05) is 11.6 Å². The van der Waals surface area contributed by atoms with Crippen molar-refractivity contribution in [3.63, 3.8) is 0 Å². The molecule has 5 nitrogen and oxygen atoms in total. The number of fused-ring (bicyclic) bond motifs is 2. The molecule has 0 spiro atoms. The van der Waals surface area contributed by atoms with Gasteiger partial charge in [-0.15, -0.1) is 0 Å². The molecule has 0 aliphatic carbocycles. The monoisotopic (exact) mass is 424 g/mol. The maximum absolute atomic E-state index is 13.4. The minimum atomic E-state index is -0.497. The highest BCUT2D eigenvalue weighted by Crippen LogP contribution is 2.38. The number of rotatable bonds is 7. The summed E-state index contributed by atoms with van der Waals surface area (Å²) in [5.74, 6) is -0.0936. The van der Waals surface area contributed by atoms with Crippen molar-refractivity contribution in [1.29, 1.82) is 0 Å². The minimum absolute atomic E-state index is 0.145. The Bertz CT molecular complexity index is 1140. The number of carbonyl (C=O) groups excluding carboxylic acids is 1. The molecule has 1 aromatic heterocycles. The number of amides is 1. The number of halogens is 1. The third-order valence-corrected chi connectivity index (χ3v) is 6.04. The maximum Gasteiger partial charge on any atom is 0.290 e. The van der Waals surface area contributed by atoms with Crippen LogP contribution in [-0.4, -0.2) is 41.9 Å². The fourth-order valence-corrected chi connectivity index (χ4v) is 4.42. The molecule has 0 saturated carbocycles. The molecule has 6 heteroatoms. The Balaban J connectivity index is 1.79. The first-order valence-electron chi connectivity index (χ1n) is 10.4. The van der Waals surface area contributed by atoms with Crippen molar-refractivity contribution in [1.82, 2.24) is 9.80 Å². The molecule has 0 unspecified atom stereocenters. The highest BCUT2D eigenvalue weighted by molar-refractivity contribution is 6.30. The SMILES string of the molecule is CCN(CC)CCCN1C(=O)c2oc3ccccc3c(=O)c2[C@@H]1c1cccc(Cl)c1. The largest absolute Gasteiger partial charge is 0.450 e. The Kier molecular flexibility index (Phi) is 5.93. The Morgan fingerprint density at radius 1 is 1.07 bits per heavy atom. The quantitative estimate of drug-likeness (QED) is 0.550. The van der Waals surface area contributed by atoms with Gasteiger partial charge in [0.15, 0.2) is 5.43 Å². The van der Waals surface area contributed by atoms with Gasteiger partial charge in [0.25, 0.3) is 5.91 Å². The average molecular weight is 425 g/mol. The van der Waals surface area contributed by atoms with Crippen LogP contribution in [0.2, 0.25) is 5.02 Å². The molecule has 1 aliphatic rings. The van der Waals surface area contributed by atoms with E-state index < -0.39 is 6.04 Å². The lowest BCUT2D eigenvalue weighted by molar-refractivity contribution is 0.0720. The third-order valence-electron chi connectivity index (χ3n) is 5.81. The molecule has 0 saturated heterocycles. The summed E-state index contributed by atoms with van der Waals surface area (Å²) in [4.78, 5) is 30.8. The molecule has 1 aliphatic heterocycles. The Morgan fingerprint density at radius 3 is 2.57 bits per heavy atom. The normalized spacial score (nSPS) is 15.9. The van der Waals surface area contributed by atoms with Gasteiger partial charge in [-0.1, -0.05) is 49.7 Å². The van der Waals surface area contributed by atoms with Crippen LogP contribution in [0.3, 0.4) is 0 Å². The average Bonchev–Trinajstić information content (AvgIpc) is 3.03. The van der Waals surface area contributed by atoms with E-state index in [2.05, 4.69) is 18.7 Å². The van der Waals surface area contributed by atoms with Crippen molar-refractivity contribution in [2.75, 3.05) is 26.2 Å². The molecule has 0 radical (unpaired) electrons. The summed E-state index contributed by atoms with van der Waals surface area (Å²) < 4.78 is 5.94. The molecule has 3 aromatic rings. The van der Waals surface area contributed by atoms with Gasteiger partial charge >= 0.3 is 0 Å². The van der Waals surface area contributed by atoms with Crippen LogP contribution >= 0.6 is 11.6 Å². The Labute approximate surface area is 180 Å². The van der Waals surface area contributed by atoms with Gasteiger partial charge in [0.1, 0.15) is 5.58 Å². The molecule has 4 rings (SSSR count). The lowest BCUT2D eigenvalue weighted by atomic mass is 9.98. The zero-order valence-electron chi connectivity index (χ0n) is 17.2. The summed E-state index contributed by atoms with van der Waals surface area (Å²) in [7, 11) is 0. The lowest BCUT2D eigenvalue weighted by Crippen LogP contribution is -2.33. The van der Waals surface area contributed by atoms with Crippen molar-refractivity contribution in [3.8, 4) is 0 Å². The number of carbonyl (C=O) groups is 1. The first kappa shape index (κ1) is 20.6. The summed E-state index contributed by atoms with van der Waals surface area (Å²) in [6, 6.07) is 13.9. The molecule has 0 N–H and O–H groups in total. The summed E-state index contributed by atoms with van der Waals surface area (Å²) in [5, 5.41) is 1.06. The number of benzene rings is 2. The van der Waals surface area contributed by atoms with E-state index in [9.17, 15) is 9.59 Å².